The molecule has 4 heteroatoms. The van der Waals surface area contributed by atoms with Gasteiger partial charge in [-0.15, -0.1) is 0 Å². The van der Waals surface area contributed by atoms with Gasteiger partial charge in [0, 0.05) is 17.4 Å². The second-order valence-electron chi connectivity index (χ2n) is 2.81. The van der Waals surface area contributed by atoms with Crippen LogP contribution in [0.15, 0.2) is 12.3 Å². The van der Waals surface area contributed by atoms with Crippen LogP contribution in [0.3, 0.4) is 0 Å². The highest BCUT2D eigenvalue weighted by atomic mass is 35.5. The molecule has 0 fully saturated rings. The van der Waals surface area contributed by atoms with E-state index in [2.05, 4.69) is 10.3 Å². The standard InChI is InChI=1S/C8H7ClN2O/c1-4-5-3-10-7(9)2-6(5)11-8(4)12/h2-4H,1H3,(H,11,12). The second kappa shape index (κ2) is 2.45. The summed E-state index contributed by atoms with van der Waals surface area (Å²) in [6, 6.07) is 1.66. The summed E-state index contributed by atoms with van der Waals surface area (Å²) in [4.78, 5) is 15.1. The lowest BCUT2D eigenvalue weighted by atomic mass is 10.1. The number of aromatic nitrogens is 1. The summed E-state index contributed by atoms with van der Waals surface area (Å²) >= 11 is 5.66. The number of anilines is 1. The summed E-state index contributed by atoms with van der Waals surface area (Å²) in [7, 11) is 0. The van der Waals surface area contributed by atoms with Crippen LogP contribution in [0.1, 0.15) is 18.4 Å². The molecule has 0 saturated heterocycles. The monoisotopic (exact) mass is 182 g/mol. The number of halogens is 1. The molecule has 3 nitrogen and oxygen atoms in total. The van der Waals surface area contributed by atoms with Gasteiger partial charge in [0.25, 0.3) is 0 Å². The fraction of sp³-hybridized carbons (Fsp3) is 0.250. The van der Waals surface area contributed by atoms with Crippen LogP contribution in [-0.2, 0) is 4.79 Å². The van der Waals surface area contributed by atoms with Gasteiger partial charge in [-0.25, -0.2) is 4.98 Å². The largest absolute Gasteiger partial charge is 0.325 e. The molecule has 0 bridgehead atoms. The molecular weight excluding hydrogens is 176 g/mol. The van der Waals surface area contributed by atoms with E-state index in [-0.39, 0.29) is 11.8 Å². The Balaban J connectivity index is 2.54. The minimum atomic E-state index is -0.107. The normalized spacial score (nSPS) is 20.5. The number of hydrogen-bond acceptors (Lipinski definition) is 2. The van der Waals surface area contributed by atoms with Crippen LogP contribution >= 0.6 is 11.6 Å². The number of carbonyl (C=O) groups excluding carboxylic acids is 1. The molecule has 1 N–H and O–H groups in total. The summed E-state index contributed by atoms with van der Waals surface area (Å²) in [5, 5.41) is 3.13. The Morgan fingerprint density at radius 2 is 2.42 bits per heavy atom. The van der Waals surface area contributed by atoms with Crippen molar-refractivity contribution in [1.82, 2.24) is 4.98 Å². The molecule has 12 heavy (non-hydrogen) atoms. The summed E-state index contributed by atoms with van der Waals surface area (Å²) in [6.45, 7) is 1.84. The van der Waals surface area contributed by atoms with Gasteiger partial charge in [-0.1, -0.05) is 11.6 Å². The van der Waals surface area contributed by atoms with E-state index in [1.54, 1.807) is 12.3 Å². The Bertz CT molecular complexity index is 351. The number of fused-ring (bicyclic) bond motifs is 1. The van der Waals surface area contributed by atoms with Crippen molar-refractivity contribution in [2.45, 2.75) is 12.8 Å². The Morgan fingerprint density at radius 1 is 1.67 bits per heavy atom. The van der Waals surface area contributed by atoms with Crippen molar-refractivity contribution in [2.75, 3.05) is 5.32 Å². The zero-order valence-electron chi connectivity index (χ0n) is 6.47. The molecule has 1 aliphatic rings. The lowest BCUT2D eigenvalue weighted by Crippen LogP contribution is -2.08. The fourth-order valence-electron chi connectivity index (χ4n) is 1.28. The molecule has 1 atom stereocenters. The van der Waals surface area contributed by atoms with Gasteiger partial charge in [0.15, 0.2) is 0 Å². The molecule has 0 aromatic carbocycles. The lowest BCUT2D eigenvalue weighted by molar-refractivity contribution is -0.116. The Morgan fingerprint density at radius 3 is 3.17 bits per heavy atom. The predicted molar refractivity (Wildman–Crippen MR) is 46.3 cm³/mol. The van der Waals surface area contributed by atoms with Crippen molar-refractivity contribution >= 4 is 23.2 Å². The SMILES string of the molecule is CC1C(=O)Nc2cc(Cl)ncc21. The van der Waals surface area contributed by atoms with Crippen molar-refractivity contribution in [3.63, 3.8) is 0 Å². The van der Waals surface area contributed by atoms with Crippen LogP contribution in [0.5, 0.6) is 0 Å². The van der Waals surface area contributed by atoms with E-state index in [1.165, 1.54) is 0 Å². The highest BCUT2D eigenvalue weighted by Gasteiger charge is 2.26. The number of nitrogens with one attached hydrogen (secondary N) is 1. The minimum absolute atomic E-state index is 0.00840. The molecule has 0 radical (unpaired) electrons. The maximum Gasteiger partial charge on any atom is 0.231 e. The van der Waals surface area contributed by atoms with Crippen LogP contribution in [-0.4, -0.2) is 10.9 Å². The molecule has 62 valence electrons. The first-order chi connectivity index (χ1) is 5.68. The Labute approximate surface area is 74.8 Å². The van der Waals surface area contributed by atoms with Crippen LogP contribution in [0.4, 0.5) is 5.69 Å². The summed E-state index contributed by atoms with van der Waals surface area (Å²) in [5.41, 5.74) is 1.71. The van der Waals surface area contributed by atoms with E-state index in [0.29, 0.717) is 5.15 Å². The average molecular weight is 183 g/mol. The molecule has 2 heterocycles. The fourth-order valence-corrected chi connectivity index (χ4v) is 1.43. The van der Waals surface area contributed by atoms with Crippen molar-refractivity contribution in [1.29, 1.82) is 0 Å². The quantitative estimate of drug-likeness (QED) is 0.622. The van der Waals surface area contributed by atoms with E-state index >= 15 is 0 Å². The van der Waals surface area contributed by atoms with Crippen molar-refractivity contribution < 1.29 is 4.79 Å². The zero-order valence-corrected chi connectivity index (χ0v) is 7.22. The number of amides is 1. The molecule has 1 unspecified atom stereocenters. The molecule has 1 aromatic heterocycles. The molecule has 2 rings (SSSR count). The maximum absolute atomic E-state index is 11.2. The van der Waals surface area contributed by atoms with Crippen molar-refractivity contribution in [3.8, 4) is 0 Å². The van der Waals surface area contributed by atoms with Crippen molar-refractivity contribution in [3.05, 3.63) is 23.0 Å². The smallest absolute Gasteiger partial charge is 0.231 e. The molecule has 0 aliphatic carbocycles. The first-order valence-corrected chi connectivity index (χ1v) is 4.02. The van der Waals surface area contributed by atoms with Gasteiger partial charge in [-0.2, -0.15) is 0 Å². The van der Waals surface area contributed by atoms with Gasteiger partial charge in [0.1, 0.15) is 5.15 Å². The zero-order chi connectivity index (χ0) is 8.72. The van der Waals surface area contributed by atoms with Gasteiger partial charge in [-0.3, -0.25) is 4.79 Å². The van der Waals surface area contributed by atoms with Gasteiger partial charge >= 0.3 is 0 Å². The Hall–Kier alpha value is -1.09. The Kier molecular flexibility index (Phi) is 1.54. The topological polar surface area (TPSA) is 42.0 Å². The number of carbonyl (C=O) groups is 1. The molecule has 1 aromatic rings. The van der Waals surface area contributed by atoms with Crippen molar-refractivity contribution in [2.24, 2.45) is 0 Å². The average Bonchev–Trinajstić information content (AvgIpc) is 2.28. The van der Waals surface area contributed by atoms with Crippen LogP contribution in [0, 0.1) is 0 Å². The number of pyridine rings is 1. The van der Waals surface area contributed by atoms with Gasteiger partial charge in [0.2, 0.25) is 5.91 Å². The third-order valence-corrected chi connectivity index (χ3v) is 2.23. The second-order valence-corrected chi connectivity index (χ2v) is 3.19. The molecule has 0 saturated carbocycles. The molecule has 0 spiro atoms. The first-order valence-electron chi connectivity index (χ1n) is 3.65. The van der Waals surface area contributed by atoms with Gasteiger partial charge < -0.3 is 5.32 Å². The van der Waals surface area contributed by atoms with Crippen LogP contribution in [0.2, 0.25) is 5.15 Å². The predicted octanol–water partition coefficient (Wildman–Crippen LogP) is 1.79. The molecule has 1 aliphatic heterocycles. The van der Waals surface area contributed by atoms with E-state index in [1.807, 2.05) is 6.92 Å². The minimum Gasteiger partial charge on any atom is -0.325 e. The van der Waals surface area contributed by atoms with Crippen LogP contribution in [0.25, 0.3) is 0 Å². The highest BCUT2D eigenvalue weighted by Crippen LogP contribution is 2.32. The van der Waals surface area contributed by atoms with E-state index in [9.17, 15) is 4.79 Å². The van der Waals surface area contributed by atoms with Gasteiger partial charge in [-0.05, 0) is 13.0 Å². The summed E-state index contributed by atoms with van der Waals surface area (Å²) in [6.07, 6.45) is 1.64. The van der Waals surface area contributed by atoms with E-state index < -0.39 is 0 Å². The summed E-state index contributed by atoms with van der Waals surface area (Å²) < 4.78 is 0. The highest BCUT2D eigenvalue weighted by molar-refractivity contribution is 6.29. The third-order valence-electron chi connectivity index (χ3n) is 2.02. The lowest BCUT2D eigenvalue weighted by Gasteiger charge is -1.98. The van der Waals surface area contributed by atoms with E-state index in [4.69, 9.17) is 11.6 Å². The molecular formula is C8H7ClN2O. The van der Waals surface area contributed by atoms with E-state index in [0.717, 1.165) is 11.3 Å². The third kappa shape index (κ3) is 0.975. The van der Waals surface area contributed by atoms with Crippen LogP contribution < -0.4 is 5.32 Å². The number of nitrogens with zero attached hydrogens (tertiary/aromatic N) is 1. The summed E-state index contributed by atoms with van der Waals surface area (Å²) in [5.74, 6) is -0.0983. The first kappa shape index (κ1) is 7.55. The number of hydrogen-bond donors (Lipinski definition) is 1. The molecule has 1 amide bonds. The van der Waals surface area contributed by atoms with Gasteiger partial charge in [0.05, 0.1) is 5.92 Å². The maximum atomic E-state index is 11.2. The number of rotatable bonds is 0.